The summed E-state index contributed by atoms with van der Waals surface area (Å²) in [6, 6.07) is 18.3. The van der Waals surface area contributed by atoms with E-state index in [1.807, 2.05) is 57.2 Å². The standard InChI is InChI=1S/C28H27Cl2N5O2/c1-28(2,3)27(37)32-15-17-10-13-20(29)22(23(17)30)26(36)33-18-11-12-19-21(14-18)34-24(35-25(19)31-4)16-8-6-5-7-9-16/h5-14H,15H2,1-4H3,(H,32,37)(H,33,36)(H,31,34,35). The fourth-order valence-corrected chi connectivity index (χ4v) is 4.30. The van der Waals surface area contributed by atoms with Gasteiger partial charge in [0.2, 0.25) is 5.91 Å². The molecule has 2 amide bonds. The number of carbonyl (C=O) groups is 2. The van der Waals surface area contributed by atoms with Gasteiger partial charge < -0.3 is 16.0 Å². The second-order valence-electron chi connectivity index (χ2n) is 9.53. The number of amides is 2. The second kappa shape index (κ2) is 10.7. The van der Waals surface area contributed by atoms with Crippen molar-refractivity contribution >= 4 is 57.4 Å². The number of hydrogen-bond donors (Lipinski definition) is 3. The van der Waals surface area contributed by atoms with Crippen LogP contribution in [0.15, 0.2) is 60.7 Å². The molecule has 190 valence electrons. The van der Waals surface area contributed by atoms with Crippen LogP contribution in [0, 0.1) is 5.41 Å². The minimum absolute atomic E-state index is 0.126. The quantitative estimate of drug-likeness (QED) is 0.259. The predicted octanol–water partition coefficient (Wildman–Crippen LogP) is 6.56. The molecule has 0 saturated heterocycles. The van der Waals surface area contributed by atoms with Crippen LogP contribution >= 0.6 is 23.2 Å². The molecular formula is C28H27Cl2N5O2. The Kier molecular flexibility index (Phi) is 7.66. The van der Waals surface area contributed by atoms with Crippen molar-refractivity contribution in [1.82, 2.24) is 15.3 Å². The van der Waals surface area contributed by atoms with Gasteiger partial charge >= 0.3 is 0 Å². The van der Waals surface area contributed by atoms with Crippen molar-refractivity contribution in [3.05, 3.63) is 81.8 Å². The predicted molar refractivity (Wildman–Crippen MR) is 150 cm³/mol. The normalized spacial score (nSPS) is 11.3. The summed E-state index contributed by atoms with van der Waals surface area (Å²) in [5.74, 6) is 0.651. The van der Waals surface area contributed by atoms with Crippen molar-refractivity contribution < 1.29 is 9.59 Å². The smallest absolute Gasteiger partial charge is 0.258 e. The number of fused-ring (bicyclic) bond motifs is 1. The molecule has 1 heterocycles. The van der Waals surface area contributed by atoms with Crippen molar-refractivity contribution in [2.45, 2.75) is 27.3 Å². The lowest BCUT2D eigenvalue weighted by Crippen LogP contribution is -2.34. The number of benzene rings is 3. The van der Waals surface area contributed by atoms with Crippen molar-refractivity contribution in [2.24, 2.45) is 5.41 Å². The van der Waals surface area contributed by atoms with Gasteiger partial charge in [0, 0.05) is 35.6 Å². The number of carbonyl (C=O) groups excluding carboxylic acids is 2. The summed E-state index contributed by atoms with van der Waals surface area (Å²) >= 11 is 12.9. The Morgan fingerprint density at radius 3 is 2.35 bits per heavy atom. The monoisotopic (exact) mass is 535 g/mol. The van der Waals surface area contributed by atoms with Crippen LogP contribution < -0.4 is 16.0 Å². The van der Waals surface area contributed by atoms with Gasteiger partial charge in [-0.15, -0.1) is 0 Å². The second-order valence-corrected chi connectivity index (χ2v) is 10.3. The van der Waals surface area contributed by atoms with Gasteiger partial charge in [-0.3, -0.25) is 9.59 Å². The Morgan fingerprint density at radius 1 is 0.946 bits per heavy atom. The molecular weight excluding hydrogens is 509 g/mol. The van der Waals surface area contributed by atoms with Crippen LogP contribution in [0.2, 0.25) is 10.0 Å². The highest BCUT2D eigenvalue weighted by Gasteiger charge is 2.23. The number of nitrogens with one attached hydrogen (secondary N) is 3. The first-order valence-electron chi connectivity index (χ1n) is 11.7. The molecule has 4 rings (SSSR count). The average molecular weight is 536 g/mol. The fourth-order valence-electron chi connectivity index (χ4n) is 3.69. The summed E-state index contributed by atoms with van der Waals surface area (Å²) in [5.41, 5.74) is 2.24. The minimum Gasteiger partial charge on any atom is -0.373 e. The molecule has 0 fully saturated rings. The molecule has 37 heavy (non-hydrogen) atoms. The molecule has 0 aliphatic carbocycles. The van der Waals surface area contributed by atoms with Crippen LogP contribution in [-0.2, 0) is 11.3 Å². The average Bonchev–Trinajstić information content (AvgIpc) is 2.87. The van der Waals surface area contributed by atoms with E-state index >= 15 is 0 Å². The van der Waals surface area contributed by atoms with Crippen molar-refractivity contribution in [2.75, 3.05) is 17.7 Å². The molecule has 0 bridgehead atoms. The number of halogens is 2. The fraction of sp³-hybridized carbons (Fsp3) is 0.214. The SMILES string of the molecule is CNc1nc(-c2ccccc2)nc2cc(NC(=O)c3c(Cl)ccc(CNC(=O)C(C)(C)C)c3Cl)ccc12. The van der Waals surface area contributed by atoms with Gasteiger partial charge in [-0.05, 0) is 29.8 Å². The number of aromatic nitrogens is 2. The number of rotatable bonds is 6. The summed E-state index contributed by atoms with van der Waals surface area (Å²) in [6.07, 6.45) is 0. The highest BCUT2D eigenvalue weighted by Crippen LogP contribution is 2.31. The molecule has 7 nitrogen and oxygen atoms in total. The van der Waals surface area contributed by atoms with Crippen molar-refractivity contribution in [1.29, 1.82) is 0 Å². The largest absolute Gasteiger partial charge is 0.373 e. The van der Waals surface area contributed by atoms with Gasteiger partial charge in [-0.2, -0.15) is 0 Å². The lowest BCUT2D eigenvalue weighted by atomic mass is 9.95. The number of anilines is 2. The van der Waals surface area contributed by atoms with E-state index in [4.69, 9.17) is 28.2 Å². The molecule has 0 aliphatic heterocycles. The lowest BCUT2D eigenvalue weighted by molar-refractivity contribution is -0.128. The molecule has 0 unspecified atom stereocenters. The summed E-state index contributed by atoms with van der Waals surface area (Å²) in [5, 5.41) is 10.0. The Balaban J connectivity index is 1.63. The Bertz CT molecular complexity index is 1480. The van der Waals surface area contributed by atoms with Gasteiger partial charge in [-0.1, -0.05) is 80.4 Å². The topological polar surface area (TPSA) is 96.0 Å². The zero-order valence-corrected chi connectivity index (χ0v) is 22.5. The van der Waals surface area contributed by atoms with E-state index in [2.05, 4.69) is 20.9 Å². The van der Waals surface area contributed by atoms with Crippen molar-refractivity contribution in [3.8, 4) is 11.4 Å². The number of nitrogens with zero attached hydrogens (tertiary/aromatic N) is 2. The molecule has 0 spiro atoms. The first-order valence-corrected chi connectivity index (χ1v) is 12.5. The highest BCUT2D eigenvalue weighted by molar-refractivity contribution is 6.40. The maximum atomic E-state index is 13.2. The Hall–Kier alpha value is -3.68. The maximum Gasteiger partial charge on any atom is 0.258 e. The lowest BCUT2D eigenvalue weighted by Gasteiger charge is -2.18. The van der Waals surface area contributed by atoms with E-state index < -0.39 is 11.3 Å². The van der Waals surface area contributed by atoms with Crippen LogP contribution in [0.25, 0.3) is 22.3 Å². The molecule has 0 aliphatic rings. The molecule has 0 atom stereocenters. The third-order valence-corrected chi connectivity index (χ3v) is 6.49. The van der Waals surface area contributed by atoms with Crippen LogP contribution in [0.5, 0.6) is 0 Å². The van der Waals surface area contributed by atoms with Gasteiger partial charge in [0.25, 0.3) is 5.91 Å². The zero-order valence-electron chi connectivity index (χ0n) is 20.9. The summed E-state index contributed by atoms with van der Waals surface area (Å²) in [7, 11) is 1.80. The van der Waals surface area contributed by atoms with E-state index in [1.54, 1.807) is 31.3 Å². The van der Waals surface area contributed by atoms with Gasteiger partial charge in [0.15, 0.2) is 5.82 Å². The maximum absolute atomic E-state index is 13.2. The van der Waals surface area contributed by atoms with Gasteiger partial charge in [0.05, 0.1) is 21.1 Å². The van der Waals surface area contributed by atoms with E-state index in [1.165, 1.54) is 0 Å². The summed E-state index contributed by atoms with van der Waals surface area (Å²) < 4.78 is 0. The molecule has 4 aromatic rings. The van der Waals surface area contributed by atoms with Gasteiger partial charge in [-0.25, -0.2) is 9.97 Å². The molecule has 0 radical (unpaired) electrons. The van der Waals surface area contributed by atoms with Crippen LogP contribution in [0.3, 0.4) is 0 Å². The third-order valence-electron chi connectivity index (χ3n) is 5.74. The summed E-state index contributed by atoms with van der Waals surface area (Å²) in [4.78, 5) is 34.9. The molecule has 1 aromatic heterocycles. The van der Waals surface area contributed by atoms with Gasteiger partial charge in [0.1, 0.15) is 5.82 Å². The third kappa shape index (κ3) is 5.84. The Labute approximate surface area is 225 Å². The van der Waals surface area contributed by atoms with E-state index in [-0.39, 0.29) is 28.1 Å². The van der Waals surface area contributed by atoms with E-state index in [9.17, 15) is 9.59 Å². The van der Waals surface area contributed by atoms with E-state index in [0.29, 0.717) is 28.4 Å². The van der Waals surface area contributed by atoms with Crippen LogP contribution in [-0.4, -0.2) is 28.8 Å². The van der Waals surface area contributed by atoms with Crippen molar-refractivity contribution in [3.63, 3.8) is 0 Å². The first kappa shape index (κ1) is 26.4. The molecule has 3 N–H and O–H groups in total. The highest BCUT2D eigenvalue weighted by atomic mass is 35.5. The molecule has 3 aromatic carbocycles. The molecule has 9 heteroatoms. The summed E-state index contributed by atoms with van der Waals surface area (Å²) in [6.45, 7) is 5.64. The Morgan fingerprint density at radius 2 is 1.68 bits per heavy atom. The first-order chi connectivity index (χ1) is 17.6. The van der Waals surface area contributed by atoms with Crippen LogP contribution in [0.4, 0.5) is 11.5 Å². The minimum atomic E-state index is -0.549. The molecule has 0 saturated carbocycles. The van der Waals surface area contributed by atoms with E-state index in [0.717, 1.165) is 10.9 Å². The number of hydrogen-bond acceptors (Lipinski definition) is 5. The zero-order chi connectivity index (χ0) is 26.7. The van der Waals surface area contributed by atoms with Crippen LogP contribution in [0.1, 0.15) is 36.7 Å².